The molecule has 2 unspecified atom stereocenters. The van der Waals surface area contributed by atoms with Gasteiger partial charge < -0.3 is 40.7 Å². The summed E-state index contributed by atoms with van der Waals surface area (Å²) in [6.45, 7) is 0.204. The Morgan fingerprint density at radius 3 is 1.88 bits per heavy atom. The SMILES string of the molecule is NC1CCCCC1N.O=C(CCOCCN1C(=O)CCC1=O)OC1CC(C(=O)[O-])(C(=O)[O-])C1.[Pt+2]. The average molecular weight is 665 g/mol. The van der Waals surface area contributed by atoms with E-state index in [0.717, 1.165) is 17.7 Å². The van der Waals surface area contributed by atoms with Crippen molar-refractivity contribution in [1.82, 2.24) is 4.90 Å². The van der Waals surface area contributed by atoms with E-state index in [2.05, 4.69) is 0 Å². The van der Waals surface area contributed by atoms with E-state index in [9.17, 15) is 34.2 Å². The topological polar surface area (TPSA) is 205 Å². The normalized spacial score (nSPS) is 23.8. The molecule has 3 rings (SSSR count). The van der Waals surface area contributed by atoms with Crippen molar-refractivity contribution in [2.24, 2.45) is 16.9 Å². The third-order valence-electron chi connectivity index (χ3n) is 6.17. The second kappa shape index (κ2) is 13.9. The first-order valence-electron chi connectivity index (χ1n) is 11.1. The van der Waals surface area contributed by atoms with Crippen LogP contribution >= 0.6 is 0 Å². The molecule has 0 aromatic carbocycles. The number of hydrogen-bond donors (Lipinski definition) is 2. The number of nitrogens with two attached hydrogens (primary N) is 2. The molecule has 4 N–H and O–H groups in total. The van der Waals surface area contributed by atoms with Crippen molar-refractivity contribution in [3.63, 3.8) is 0 Å². The van der Waals surface area contributed by atoms with Gasteiger partial charge in [0, 0.05) is 37.8 Å². The molecule has 2 saturated carbocycles. The second-order valence-electron chi connectivity index (χ2n) is 8.59. The van der Waals surface area contributed by atoms with E-state index in [1.54, 1.807) is 0 Å². The fraction of sp³-hybridized carbons (Fsp3) is 0.762. The number of hydrogen-bond acceptors (Lipinski definition) is 11. The van der Waals surface area contributed by atoms with Gasteiger partial charge in [-0.3, -0.25) is 19.3 Å². The van der Waals surface area contributed by atoms with Crippen LogP contribution in [0.5, 0.6) is 0 Å². The minimum atomic E-state index is -2.10. The second-order valence-corrected chi connectivity index (χ2v) is 8.59. The van der Waals surface area contributed by atoms with Crippen LogP contribution in [0.3, 0.4) is 0 Å². The summed E-state index contributed by atoms with van der Waals surface area (Å²) >= 11 is 0. The zero-order valence-electron chi connectivity index (χ0n) is 18.8. The summed E-state index contributed by atoms with van der Waals surface area (Å²) in [5.74, 6) is -4.67. The van der Waals surface area contributed by atoms with Gasteiger partial charge in [0.1, 0.15) is 6.10 Å². The summed E-state index contributed by atoms with van der Waals surface area (Å²) in [7, 11) is 0. The molecular formula is C21H31N3O9Pt. The number of amides is 2. The molecule has 2 amide bonds. The Bertz CT molecular complexity index is 716. The molecule has 0 aromatic rings. The zero-order chi connectivity index (χ0) is 24.6. The van der Waals surface area contributed by atoms with Gasteiger partial charge >= 0.3 is 27.0 Å². The standard InChI is InChI=1S/C15H19NO9.C6H14N2.Pt/c17-10-1-2-11(18)16(10)4-6-24-5-3-12(19)25-9-7-15(8-9,13(20)21)14(22)23;7-5-3-1-2-4-6(5)8;/h9H,1-8H2,(H,20,21)(H,22,23);5-6H,1-4,7-8H2;/q;;+2/p-2. The number of carbonyl (C=O) groups is 5. The summed E-state index contributed by atoms with van der Waals surface area (Å²) in [5, 5.41) is 21.7. The Balaban J connectivity index is 0.000000543. The largest absolute Gasteiger partial charge is 2.00 e. The molecule has 0 spiro atoms. The number of carboxylic acids is 2. The van der Waals surface area contributed by atoms with Crippen molar-refractivity contribution >= 4 is 29.7 Å². The van der Waals surface area contributed by atoms with Gasteiger partial charge in [0.25, 0.3) is 0 Å². The minimum Gasteiger partial charge on any atom is -0.549 e. The molecule has 1 aliphatic heterocycles. The molecule has 194 valence electrons. The number of carboxylic acid groups (broad SMARTS) is 2. The summed E-state index contributed by atoms with van der Waals surface area (Å²) in [4.78, 5) is 57.0. The van der Waals surface area contributed by atoms with Crippen LogP contribution in [0.4, 0.5) is 0 Å². The predicted molar refractivity (Wildman–Crippen MR) is 107 cm³/mol. The maximum Gasteiger partial charge on any atom is 2.00 e. The molecule has 2 aliphatic carbocycles. The van der Waals surface area contributed by atoms with Gasteiger partial charge in [0.05, 0.1) is 43.5 Å². The van der Waals surface area contributed by atoms with Gasteiger partial charge in [-0.15, -0.1) is 0 Å². The van der Waals surface area contributed by atoms with Gasteiger partial charge in [-0.1, -0.05) is 12.8 Å². The van der Waals surface area contributed by atoms with Gasteiger partial charge in [-0.25, -0.2) is 0 Å². The van der Waals surface area contributed by atoms with E-state index in [1.807, 2.05) is 0 Å². The number of ether oxygens (including phenoxy) is 2. The molecule has 13 heteroatoms. The molecule has 1 heterocycles. The van der Waals surface area contributed by atoms with Crippen LogP contribution in [-0.4, -0.2) is 72.6 Å². The van der Waals surface area contributed by atoms with Crippen molar-refractivity contribution in [3.8, 4) is 0 Å². The van der Waals surface area contributed by atoms with Crippen molar-refractivity contribution in [1.29, 1.82) is 0 Å². The average Bonchev–Trinajstić information content (AvgIpc) is 3.04. The van der Waals surface area contributed by atoms with E-state index in [4.69, 9.17) is 20.9 Å². The number of nitrogens with zero attached hydrogens (tertiary/aromatic N) is 1. The molecule has 0 bridgehead atoms. The quantitative estimate of drug-likeness (QED) is 0.110. The molecule has 1 saturated heterocycles. The van der Waals surface area contributed by atoms with Gasteiger partial charge in [-0.2, -0.15) is 0 Å². The van der Waals surface area contributed by atoms with E-state index in [0.29, 0.717) is 0 Å². The maximum atomic E-state index is 11.6. The maximum absolute atomic E-state index is 11.6. The third kappa shape index (κ3) is 8.11. The van der Waals surface area contributed by atoms with Crippen LogP contribution in [0.15, 0.2) is 0 Å². The smallest absolute Gasteiger partial charge is 0.549 e. The van der Waals surface area contributed by atoms with E-state index < -0.39 is 29.4 Å². The number of rotatable bonds is 9. The molecule has 0 radical (unpaired) electrons. The minimum absolute atomic E-state index is 0. The number of imide groups is 1. The summed E-state index contributed by atoms with van der Waals surface area (Å²) in [5.41, 5.74) is 9.21. The monoisotopic (exact) mass is 664 g/mol. The van der Waals surface area contributed by atoms with Crippen LogP contribution < -0.4 is 21.7 Å². The van der Waals surface area contributed by atoms with Gasteiger partial charge in [-0.05, 0) is 12.8 Å². The van der Waals surface area contributed by atoms with Crippen molar-refractivity contribution in [2.45, 2.75) is 76.0 Å². The number of carbonyl (C=O) groups excluding carboxylic acids is 5. The first-order valence-corrected chi connectivity index (χ1v) is 11.1. The Labute approximate surface area is 211 Å². The van der Waals surface area contributed by atoms with Crippen LogP contribution in [0.2, 0.25) is 0 Å². The summed E-state index contributed by atoms with van der Waals surface area (Å²) in [6, 6.07) is 0.562. The fourth-order valence-corrected chi connectivity index (χ4v) is 3.94. The fourth-order valence-electron chi connectivity index (χ4n) is 3.94. The van der Waals surface area contributed by atoms with Gasteiger partial charge in [0.2, 0.25) is 11.8 Å². The van der Waals surface area contributed by atoms with Crippen LogP contribution in [0.1, 0.15) is 57.8 Å². The Hall–Kier alpha value is -1.88. The third-order valence-corrected chi connectivity index (χ3v) is 6.17. The Kier molecular flexibility index (Phi) is 12.3. The molecule has 3 aliphatic rings. The summed E-state index contributed by atoms with van der Waals surface area (Å²) < 4.78 is 10.1. The predicted octanol–water partition coefficient (Wildman–Crippen LogP) is -3.05. The van der Waals surface area contributed by atoms with Crippen LogP contribution in [-0.2, 0) is 54.5 Å². The number of likely N-dealkylation sites (tertiary alicyclic amines) is 1. The van der Waals surface area contributed by atoms with E-state index in [1.165, 1.54) is 12.8 Å². The Morgan fingerprint density at radius 2 is 1.44 bits per heavy atom. The molecule has 12 nitrogen and oxygen atoms in total. The molecule has 34 heavy (non-hydrogen) atoms. The van der Waals surface area contributed by atoms with E-state index >= 15 is 0 Å². The van der Waals surface area contributed by atoms with Crippen molar-refractivity contribution < 1.29 is 64.7 Å². The Morgan fingerprint density at radius 1 is 0.941 bits per heavy atom. The first-order chi connectivity index (χ1) is 15.6. The number of aliphatic carboxylic acids is 2. The van der Waals surface area contributed by atoms with Crippen LogP contribution in [0.25, 0.3) is 0 Å². The van der Waals surface area contributed by atoms with Crippen molar-refractivity contribution in [2.75, 3.05) is 19.8 Å². The molecular weight excluding hydrogens is 633 g/mol. The first kappa shape index (κ1) is 30.1. The molecule has 3 fully saturated rings. The van der Waals surface area contributed by atoms with Gasteiger partial charge in [0.15, 0.2) is 0 Å². The summed E-state index contributed by atoms with van der Waals surface area (Å²) in [6.07, 6.45) is 3.49. The van der Waals surface area contributed by atoms with E-state index in [-0.39, 0.29) is 96.8 Å². The number of esters is 1. The van der Waals surface area contributed by atoms with Crippen LogP contribution in [0, 0.1) is 5.41 Å². The zero-order valence-corrected chi connectivity index (χ0v) is 21.1. The molecule has 0 aromatic heterocycles. The van der Waals surface area contributed by atoms with Crippen molar-refractivity contribution in [3.05, 3.63) is 0 Å². The molecule has 2 atom stereocenters.